The summed E-state index contributed by atoms with van der Waals surface area (Å²) in [6, 6.07) is 9.38. The lowest BCUT2D eigenvalue weighted by molar-refractivity contribution is -0.126. The Labute approximate surface area is 189 Å². The third kappa shape index (κ3) is 5.39. The highest BCUT2D eigenvalue weighted by atomic mass is 32.2. The molecule has 32 heavy (non-hydrogen) atoms. The Morgan fingerprint density at radius 1 is 1.25 bits per heavy atom. The fourth-order valence-corrected chi connectivity index (χ4v) is 3.96. The van der Waals surface area contributed by atoms with Crippen LogP contribution in [0.1, 0.15) is 15.9 Å². The molecule has 0 spiro atoms. The topological polar surface area (TPSA) is 116 Å². The number of aromatic carboxylic acids is 1. The number of carbonyl (C=O) groups is 3. The highest BCUT2D eigenvalue weighted by Crippen LogP contribution is 2.34. The maximum absolute atomic E-state index is 12.7. The first-order valence-corrected chi connectivity index (χ1v) is 10.0. The first-order chi connectivity index (χ1) is 15.2. The number of nitrogens with one attached hydrogen (secondary N) is 1. The van der Waals surface area contributed by atoms with Crippen molar-refractivity contribution in [1.29, 1.82) is 0 Å². The number of carboxylic acids is 1. The molecule has 0 aromatic heterocycles. The van der Waals surface area contributed by atoms with Crippen LogP contribution in [0.2, 0.25) is 0 Å². The van der Waals surface area contributed by atoms with Crippen LogP contribution in [0.25, 0.3) is 6.08 Å². The number of alkyl halides is 2. The Hall–Kier alpha value is -3.51. The van der Waals surface area contributed by atoms with Crippen molar-refractivity contribution in [2.24, 2.45) is 0 Å². The van der Waals surface area contributed by atoms with E-state index in [9.17, 15) is 28.3 Å². The smallest absolute Gasteiger partial charge is 0.387 e. The fourth-order valence-electron chi connectivity index (χ4n) is 2.71. The van der Waals surface area contributed by atoms with Crippen molar-refractivity contribution in [2.45, 2.75) is 6.61 Å². The molecule has 0 atom stereocenters. The van der Waals surface area contributed by atoms with Crippen LogP contribution in [-0.2, 0) is 9.59 Å². The standard InChI is InChI=1S/C20H14F2N2O6S2/c21-19(22)30-14-4-2-1-3-10(14)7-15-17(27)24(20(31)32-15)9-16(26)23-11-5-6-13(25)12(8-11)18(28)29/h1-8,19,25H,9H2,(H,23,26)(H,28,29)/b15-7-. The number of anilines is 1. The molecule has 0 aliphatic carbocycles. The zero-order chi connectivity index (χ0) is 23.4. The van der Waals surface area contributed by atoms with Crippen molar-refractivity contribution in [1.82, 2.24) is 4.90 Å². The lowest BCUT2D eigenvalue weighted by Crippen LogP contribution is -2.36. The number of aromatic hydroxyl groups is 1. The molecule has 1 aliphatic heterocycles. The zero-order valence-electron chi connectivity index (χ0n) is 16.0. The number of amides is 2. The van der Waals surface area contributed by atoms with Gasteiger partial charge in [0.1, 0.15) is 27.9 Å². The Bertz CT molecular complexity index is 1140. The SMILES string of the molecule is O=C(CN1C(=O)/C(=C/c2ccccc2OC(F)F)SC1=S)Nc1ccc(O)c(C(=O)O)c1. The van der Waals surface area contributed by atoms with Crippen LogP contribution >= 0.6 is 24.0 Å². The van der Waals surface area contributed by atoms with Gasteiger partial charge < -0.3 is 20.3 Å². The van der Waals surface area contributed by atoms with Crippen molar-refractivity contribution in [3.8, 4) is 11.5 Å². The Kier molecular flexibility index (Phi) is 7.05. The van der Waals surface area contributed by atoms with E-state index in [1.165, 1.54) is 30.3 Å². The molecule has 1 aliphatic rings. The monoisotopic (exact) mass is 480 g/mol. The minimum atomic E-state index is -3.04. The average molecular weight is 480 g/mol. The number of hydrogen-bond donors (Lipinski definition) is 3. The summed E-state index contributed by atoms with van der Waals surface area (Å²) in [6.45, 7) is -3.50. The van der Waals surface area contributed by atoms with Crippen molar-refractivity contribution in [3.63, 3.8) is 0 Å². The van der Waals surface area contributed by atoms with E-state index < -0.39 is 42.3 Å². The van der Waals surface area contributed by atoms with Crippen LogP contribution in [-0.4, -0.2) is 50.4 Å². The van der Waals surface area contributed by atoms with Gasteiger partial charge in [0.15, 0.2) is 0 Å². The van der Waals surface area contributed by atoms with E-state index in [0.29, 0.717) is 0 Å². The summed E-state index contributed by atoms with van der Waals surface area (Å²) in [5.41, 5.74) is -0.0617. The molecule has 0 radical (unpaired) electrons. The lowest BCUT2D eigenvalue weighted by atomic mass is 10.1. The molecule has 2 amide bonds. The molecule has 0 bridgehead atoms. The van der Waals surface area contributed by atoms with Crippen molar-refractivity contribution < 1.29 is 38.1 Å². The molecule has 166 valence electrons. The van der Waals surface area contributed by atoms with E-state index in [0.717, 1.165) is 28.8 Å². The maximum atomic E-state index is 12.7. The number of thiocarbonyl (C=S) groups is 1. The van der Waals surface area contributed by atoms with E-state index >= 15 is 0 Å². The minimum absolute atomic E-state index is 0.0839. The predicted octanol–water partition coefficient (Wildman–Crippen LogP) is 3.53. The molecule has 1 saturated heterocycles. The number of nitrogens with zero attached hydrogens (tertiary/aromatic N) is 1. The first kappa shape index (κ1) is 23.2. The molecule has 8 nitrogen and oxygen atoms in total. The van der Waals surface area contributed by atoms with Crippen LogP contribution in [0.15, 0.2) is 47.4 Å². The fraction of sp³-hybridized carbons (Fsp3) is 0.100. The summed E-state index contributed by atoms with van der Waals surface area (Å²) >= 11 is 6.05. The number of ether oxygens (including phenoxy) is 1. The molecule has 1 heterocycles. The molecule has 0 saturated carbocycles. The molecular formula is C20H14F2N2O6S2. The second-order valence-corrected chi connectivity index (χ2v) is 7.95. The molecular weight excluding hydrogens is 466 g/mol. The van der Waals surface area contributed by atoms with Gasteiger partial charge in [-0.15, -0.1) is 0 Å². The minimum Gasteiger partial charge on any atom is -0.507 e. The van der Waals surface area contributed by atoms with Crippen LogP contribution in [0.3, 0.4) is 0 Å². The highest BCUT2D eigenvalue weighted by Gasteiger charge is 2.33. The van der Waals surface area contributed by atoms with E-state index in [4.69, 9.17) is 17.3 Å². The molecule has 3 N–H and O–H groups in total. The van der Waals surface area contributed by atoms with Gasteiger partial charge in [-0.2, -0.15) is 8.78 Å². The average Bonchev–Trinajstić information content (AvgIpc) is 2.97. The van der Waals surface area contributed by atoms with Crippen LogP contribution in [0, 0.1) is 0 Å². The van der Waals surface area contributed by atoms with Gasteiger partial charge in [0.2, 0.25) is 5.91 Å². The number of halogens is 2. The van der Waals surface area contributed by atoms with Gasteiger partial charge in [-0.1, -0.05) is 42.2 Å². The van der Waals surface area contributed by atoms with Gasteiger partial charge >= 0.3 is 12.6 Å². The molecule has 2 aromatic rings. The quantitative estimate of drug-likeness (QED) is 0.313. The van der Waals surface area contributed by atoms with Gasteiger partial charge in [-0.25, -0.2) is 4.79 Å². The van der Waals surface area contributed by atoms with Crippen molar-refractivity contribution >= 4 is 57.8 Å². The van der Waals surface area contributed by atoms with Crippen molar-refractivity contribution in [2.75, 3.05) is 11.9 Å². The van der Waals surface area contributed by atoms with Crippen LogP contribution in [0.4, 0.5) is 14.5 Å². The Morgan fingerprint density at radius 3 is 2.66 bits per heavy atom. The number of thioether (sulfide) groups is 1. The van der Waals surface area contributed by atoms with Crippen LogP contribution in [0.5, 0.6) is 11.5 Å². The number of rotatable bonds is 7. The molecule has 3 rings (SSSR count). The summed E-state index contributed by atoms with van der Waals surface area (Å²) in [7, 11) is 0. The zero-order valence-corrected chi connectivity index (χ0v) is 17.6. The number of carbonyl (C=O) groups excluding carboxylic acids is 2. The number of para-hydroxylation sites is 1. The summed E-state index contributed by atoms with van der Waals surface area (Å²) in [4.78, 5) is 37.3. The first-order valence-electron chi connectivity index (χ1n) is 8.81. The van der Waals surface area contributed by atoms with Gasteiger partial charge in [0.25, 0.3) is 5.91 Å². The normalized spacial score (nSPS) is 14.8. The van der Waals surface area contributed by atoms with E-state index in [1.54, 1.807) is 6.07 Å². The summed E-state index contributed by atoms with van der Waals surface area (Å²) in [5, 5.41) is 21.0. The highest BCUT2D eigenvalue weighted by molar-refractivity contribution is 8.26. The summed E-state index contributed by atoms with van der Waals surface area (Å²) in [6.07, 6.45) is 1.34. The second-order valence-electron chi connectivity index (χ2n) is 6.27. The number of carboxylic acid groups (broad SMARTS) is 1. The van der Waals surface area contributed by atoms with E-state index in [2.05, 4.69) is 10.1 Å². The Morgan fingerprint density at radius 2 is 1.97 bits per heavy atom. The van der Waals surface area contributed by atoms with Gasteiger partial charge in [0.05, 0.1) is 4.91 Å². The molecule has 2 aromatic carbocycles. The van der Waals surface area contributed by atoms with Crippen LogP contribution < -0.4 is 10.1 Å². The third-order valence-electron chi connectivity index (χ3n) is 4.11. The number of benzene rings is 2. The number of hydrogen-bond acceptors (Lipinski definition) is 7. The van der Waals surface area contributed by atoms with E-state index in [1.807, 2.05) is 0 Å². The van der Waals surface area contributed by atoms with Crippen molar-refractivity contribution in [3.05, 3.63) is 58.5 Å². The Balaban J connectivity index is 1.73. The third-order valence-corrected chi connectivity index (χ3v) is 5.49. The van der Waals surface area contributed by atoms with Gasteiger partial charge in [0, 0.05) is 11.3 Å². The number of phenols is 1. The largest absolute Gasteiger partial charge is 0.507 e. The van der Waals surface area contributed by atoms with Gasteiger partial charge in [-0.05, 0) is 30.3 Å². The molecule has 12 heteroatoms. The molecule has 1 fully saturated rings. The molecule has 0 unspecified atom stereocenters. The second kappa shape index (κ2) is 9.75. The predicted molar refractivity (Wildman–Crippen MR) is 117 cm³/mol. The maximum Gasteiger partial charge on any atom is 0.387 e. The van der Waals surface area contributed by atoms with Gasteiger partial charge in [-0.3, -0.25) is 14.5 Å². The summed E-state index contributed by atoms with van der Waals surface area (Å²) < 4.78 is 29.7. The summed E-state index contributed by atoms with van der Waals surface area (Å²) in [5.74, 6) is -3.22. The lowest BCUT2D eigenvalue weighted by Gasteiger charge is -2.14. The van der Waals surface area contributed by atoms with E-state index in [-0.39, 0.29) is 26.2 Å².